The molecule has 1 saturated carbocycles. The van der Waals surface area contributed by atoms with Crippen molar-refractivity contribution in [1.29, 1.82) is 0 Å². The van der Waals surface area contributed by atoms with Crippen LogP contribution in [0.3, 0.4) is 0 Å². The van der Waals surface area contributed by atoms with Gasteiger partial charge in [0.25, 0.3) is 0 Å². The van der Waals surface area contributed by atoms with Crippen molar-refractivity contribution in [2.75, 3.05) is 32.8 Å². The summed E-state index contributed by atoms with van der Waals surface area (Å²) in [6.45, 7) is 6.15. The van der Waals surface area contributed by atoms with Crippen molar-refractivity contribution in [2.45, 2.75) is 44.6 Å². The molecule has 1 N–H and O–H groups in total. The molecule has 1 saturated heterocycles. The van der Waals surface area contributed by atoms with Gasteiger partial charge in [-0.25, -0.2) is 0 Å². The molecule has 132 valence electrons. The minimum Gasteiger partial charge on any atom is -0.462 e. The molecular weight excluding hydrogens is 304 g/mol. The lowest BCUT2D eigenvalue weighted by Crippen LogP contribution is -2.59. The molecule has 5 heteroatoms. The van der Waals surface area contributed by atoms with Gasteiger partial charge in [-0.1, -0.05) is 19.3 Å². The predicted octanol–water partition coefficient (Wildman–Crippen LogP) is 2.75. The number of amides is 1. The Kier molecular flexibility index (Phi) is 5.74. The summed E-state index contributed by atoms with van der Waals surface area (Å²) >= 11 is 0. The van der Waals surface area contributed by atoms with Crippen molar-refractivity contribution in [3.63, 3.8) is 0 Å². The highest BCUT2D eigenvalue weighted by Crippen LogP contribution is 2.33. The van der Waals surface area contributed by atoms with E-state index >= 15 is 0 Å². The number of nitrogens with zero attached hydrogens (tertiary/aromatic N) is 1. The average Bonchev–Trinajstić information content (AvgIpc) is 3.05. The summed E-state index contributed by atoms with van der Waals surface area (Å²) in [6, 6.07) is 3.77. The van der Waals surface area contributed by atoms with E-state index < -0.39 is 0 Å². The van der Waals surface area contributed by atoms with Crippen molar-refractivity contribution in [3.8, 4) is 0 Å². The summed E-state index contributed by atoms with van der Waals surface area (Å²) in [4.78, 5) is 14.7. The Labute approximate surface area is 144 Å². The summed E-state index contributed by atoms with van der Waals surface area (Å²) in [5.41, 5.74) is 0.104. The van der Waals surface area contributed by atoms with Gasteiger partial charge in [0.2, 0.25) is 5.91 Å². The molecule has 24 heavy (non-hydrogen) atoms. The Bertz CT molecular complexity index is 567. The Hall–Kier alpha value is -1.59. The SMILES string of the molecule is Cc1ccc(/C=C/C(=O)NCC2(N3CCOCC3)CCCCC2)o1. The fraction of sp³-hybridized carbons (Fsp3) is 0.632. The standard InChI is InChI=1S/C19H28N2O3/c1-16-5-6-17(24-16)7-8-18(22)20-15-19(9-3-2-4-10-19)21-11-13-23-14-12-21/h5-8H,2-4,9-15H2,1H3,(H,20,22)/b8-7+. The van der Waals surface area contributed by atoms with Gasteiger partial charge in [0.15, 0.2) is 0 Å². The second kappa shape index (κ2) is 7.99. The number of hydrogen-bond acceptors (Lipinski definition) is 4. The summed E-state index contributed by atoms with van der Waals surface area (Å²) < 4.78 is 11.0. The van der Waals surface area contributed by atoms with E-state index in [0.717, 1.165) is 44.9 Å². The highest BCUT2D eigenvalue weighted by atomic mass is 16.5. The molecular formula is C19H28N2O3. The van der Waals surface area contributed by atoms with E-state index in [-0.39, 0.29) is 11.4 Å². The molecule has 1 aliphatic heterocycles. The third-order valence-electron chi connectivity index (χ3n) is 5.22. The maximum atomic E-state index is 12.2. The number of furan rings is 1. The molecule has 2 heterocycles. The number of rotatable bonds is 5. The van der Waals surface area contributed by atoms with Crippen LogP contribution in [0, 0.1) is 6.92 Å². The van der Waals surface area contributed by atoms with Crippen molar-refractivity contribution in [2.24, 2.45) is 0 Å². The van der Waals surface area contributed by atoms with Crippen LogP contribution in [-0.2, 0) is 9.53 Å². The van der Waals surface area contributed by atoms with Crippen LogP contribution in [0.25, 0.3) is 6.08 Å². The van der Waals surface area contributed by atoms with E-state index in [2.05, 4.69) is 10.2 Å². The van der Waals surface area contributed by atoms with Crippen molar-refractivity contribution >= 4 is 12.0 Å². The third-order valence-corrected chi connectivity index (χ3v) is 5.22. The molecule has 3 rings (SSSR count). The lowest BCUT2D eigenvalue weighted by Gasteiger charge is -2.48. The molecule has 0 unspecified atom stereocenters. The van der Waals surface area contributed by atoms with Gasteiger partial charge in [0.1, 0.15) is 11.5 Å². The molecule has 0 bridgehead atoms. The van der Waals surface area contributed by atoms with Gasteiger partial charge >= 0.3 is 0 Å². The Morgan fingerprint density at radius 1 is 1.25 bits per heavy atom. The first-order chi connectivity index (χ1) is 11.7. The normalized spacial score (nSPS) is 21.9. The maximum absolute atomic E-state index is 12.2. The zero-order valence-corrected chi connectivity index (χ0v) is 14.6. The van der Waals surface area contributed by atoms with Crippen LogP contribution in [0.1, 0.15) is 43.6 Å². The van der Waals surface area contributed by atoms with Crippen molar-refractivity contribution in [3.05, 3.63) is 29.7 Å². The van der Waals surface area contributed by atoms with E-state index in [9.17, 15) is 4.79 Å². The van der Waals surface area contributed by atoms with Crippen LogP contribution in [-0.4, -0.2) is 49.2 Å². The van der Waals surface area contributed by atoms with Gasteiger partial charge in [0, 0.05) is 31.2 Å². The number of nitrogens with one attached hydrogen (secondary N) is 1. The van der Waals surface area contributed by atoms with Gasteiger partial charge in [-0.05, 0) is 38.0 Å². The molecule has 2 aliphatic rings. The molecule has 5 nitrogen and oxygen atoms in total. The first-order valence-electron chi connectivity index (χ1n) is 9.03. The summed E-state index contributed by atoms with van der Waals surface area (Å²) in [5.74, 6) is 1.51. The fourth-order valence-corrected chi connectivity index (χ4v) is 3.86. The summed E-state index contributed by atoms with van der Waals surface area (Å²) in [7, 11) is 0. The minimum absolute atomic E-state index is 0.0535. The van der Waals surface area contributed by atoms with E-state index in [1.165, 1.54) is 19.3 Å². The summed E-state index contributed by atoms with van der Waals surface area (Å²) in [6.07, 6.45) is 9.41. The topological polar surface area (TPSA) is 54.7 Å². The van der Waals surface area contributed by atoms with Crippen molar-refractivity contribution < 1.29 is 13.9 Å². The van der Waals surface area contributed by atoms with Gasteiger partial charge < -0.3 is 14.5 Å². The van der Waals surface area contributed by atoms with Gasteiger partial charge in [-0.15, -0.1) is 0 Å². The lowest BCUT2D eigenvalue weighted by molar-refractivity contribution is -0.117. The second-order valence-electron chi connectivity index (χ2n) is 6.88. The van der Waals surface area contributed by atoms with Gasteiger partial charge in [-0.2, -0.15) is 0 Å². The van der Waals surface area contributed by atoms with Crippen LogP contribution >= 0.6 is 0 Å². The van der Waals surface area contributed by atoms with E-state index in [1.807, 2.05) is 19.1 Å². The Morgan fingerprint density at radius 2 is 2.00 bits per heavy atom. The predicted molar refractivity (Wildman–Crippen MR) is 93.7 cm³/mol. The van der Waals surface area contributed by atoms with E-state index in [0.29, 0.717) is 12.3 Å². The number of ether oxygens (including phenoxy) is 1. The van der Waals surface area contributed by atoms with Gasteiger partial charge in [0.05, 0.1) is 13.2 Å². The molecule has 1 aromatic rings. The number of carbonyl (C=O) groups is 1. The highest BCUT2D eigenvalue weighted by Gasteiger charge is 2.38. The first kappa shape index (κ1) is 17.2. The van der Waals surface area contributed by atoms with E-state index in [1.54, 1.807) is 12.2 Å². The number of morpholine rings is 1. The van der Waals surface area contributed by atoms with E-state index in [4.69, 9.17) is 9.15 Å². The third kappa shape index (κ3) is 4.28. The quantitative estimate of drug-likeness (QED) is 0.843. The zero-order chi connectivity index (χ0) is 16.8. The smallest absolute Gasteiger partial charge is 0.244 e. The monoisotopic (exact) mass is 332 g/mol. The average molecular weight is 332 g/mol. The zero-order valence-electron chi connectivity index (χ0n) is 14.6. The largest absolute Gasteiger partial charge is 0.462 e. The van der Waals surface area contributed by atoms with Crippen LogP contribution in [0.5, 0.6) is 0 Å². The highest BCUT2D eigenvalue weighted by molar-refractivity contribution is 5.91. The minimum atomic E-state index is -0.0535. The molecule has 1 aliphatic carbocycles. The summed E-state index contributed by atoms with van der Waals surface area (Å²) in [5, 5.41) is 3.12. The Morgan fingerprint density at radius 3 is 2.67 bits per heavy atom. The number of carbonyl (C=O) groups excluding carboxylic acids is 1. The Balaban J connectivity index is 1.58. The van der Waals surface area contributed by atoms with Crippen LogP contribution in [0.4, 0.5) is 0 Å². The molecule has 2 fully saturated rings. The van der Waals surface area contributed by atoms with Crippen LogP contribution in [0.2, 0.25) is 0 Å². The fourth-order valence-electron chi connectivity index (χ4n) is 3.86. The molecule has 0 aromatic carbocycles. The molecule has 1 amide bonds. The number of hydrogen-bond donors (Lipinski definition) is 1. The lowest BCUT2D eigenvalue weighted by atomic mass is 9.79. The van der Waals surface area contributed by atoms with Crippen molar-refractivity contribution in [1.82, 2.24) is 10.2 Å². The number of aryl methyl sites for hydroxylation is 1. The second-order valence-corrected chi connectivity index (χ2v) is 6.88. The van der Waals surface area contributed by atoms with Crippen LogP contribution < -0.4 is 5.32 Å². The molecule has 0 atom stereocenters. The van der Waals surface area contributed by atoms with Gasteiger partial charge in [-0.3, -0.25) is 9.69 Å². The molecule has 1 aromatic heterocycles. The molecule has 0 spiro atoms. The maximum Gasteiger partial charge on any atom is 0.244 e. The molecule has 0 radical (unpaired) electrons. The van der Waals surface area contributed by atoms with Crippen LogP contribution in [0.15, 0.2) is 22.6 Å². The first-order valence-corrected chi connectivity index (χ1v) is 9.03.